The molecule has 0 atom stereocenters. The molecule has 0 spiro atoms. The molecule has 11 heteroatoms. The molecule has 0 unspecified atom stereocenters. The molecular formula is C22H20N6O4S. The first kappa shape index (κ1) is 20.8. The van der Waals surface area contributed by atoms with E-state index in [-0.39, 0.29) is 4.90 Å². The monoisotopic (exact) mass is 464 g/mol. The molecule has 0 amide bonds. The number of nitrogens with one attached hydrogen (secondary N) is 2. The standard InChI is InChI=1S/C22H20N6O4S/c1-15-10-11-28(26-15)22-9-8-21(24-25-22)23-16-2-4-17(5-3-16)27-33(29,30)18-6-7-19-20(14-18)32-13-12-31-19/h2-11,14,27H,12-13H2,1H3,(H,23,24). The summed E-state index contributed by atoms with van der Waals surface area (Å²) in [5, 5.41) is 15.8. The Balaban J connectivity index is 1.26. The number of fused-ring (bicyclic) bond motifs is 1. The highest BCUT2D eigenvalue weighted by Crippen LogP contribution is 2.32. The molecule has 5 rings (SSSR count). The number of hydrogen-bond acceptors (Lipinski definition) is 8. The van der Waals surface area contributed by atoms with E-state index in [1.54, 1.807) is 47.1 Å². The molecule has 3 heterocycles. The number of nitrogens with zero attached hydrogens (tertiary/aromatic N) is 4. The minimum atomic E-state index is -3.78. The van der Waals surface area contributed by atoms with Crippen LogP contribution in [0.25, 0.3) is 5.82 Å². The lowest BCUT2D eigenvalue weighted by molar-refractivity contribution is 0.171. The first-order valence-corrected chi connectivity index (χ1v) is 11.6. The summed E-state index contributed by atoms with van der Waals surface area (Å²) in [6.07, 6.45) is 1.82. The summed E-state index contributed by atoms with van der Waals surface area (Å²) in [5.74, 6) is 2.11. The van der Waals surface area contributed by atoms with Gasteiger partial charge in [0.15, 0.2) is 23.1 Å². The van der Waals surface area contributed by atoms with Gasteiger partial charge in [-0.1, -0.05) is 0 Å². The van der Waals surface area contributed by atoms with E-state index in [1.165, 1.54) is 12.1 Å². The number of benzene rings is 2. The maximum absolute atomic E-state index is 12.8. The van der Waals surface area contributed by atoms with Crippen molar-refractivity contribution in [2.45, 2.75) is 11.8 Å². The molecule has 33 heavy (non-hydrogen) atoms. The average molecular weight is 465 g/mol. The van der Waals surface area contributed by atoms with Gasteiger partial charge in [-0.3, -0.25) is 4.72 Å². The lowest BCUT2D eigenvalue weighted by Gasteiger charge is -2.19. The fourth-order valence-electron chi connectivity index (χ4n) is 3.23. The van der Waals surface area contributed by atoms with Crippen LogP contribution >= 0.6 is 0 Å². The van der Waals surface area contributed by atoms with E-state index in [9.17, 15) is 8.42 Å². The van der Waals surface area contributed by atoms with Crippen molar-refractivity contribution >= 4 is 27.2 Å². The molecule has 168 valence electrons. The Hall–Kier alpha value is -4.12. The highest BCUT2D eigenvalue weighted by atomic mass is 32.2. The number of hydrogen-bond donors (Lipinski definition) is 2. The van der Waals surface area contributed by atoms with E-state index in [0.29, 0.717) is 42.0 Å². The number of aryl methyl sites for hydroxylation is 1. The average Bonchev–Trinajstić information content (AvgIpc) is 3.26. The SMILES string of the molecule is Cc1ccn(-c2ccc(Nc3ccc(NS(=O)(=O)c4ccc5c(c4)OCCO5)cc3)nn2)n1. The summed E-state index contributed by atoms with van der Waals surface area (Å²) in [7, 11) is -3.78. The van der Waals surface area contributed by atoms with Crippen LogP contribution in [-0.2, 0) is 10.0 Å². The van der Waals surface area contributed by atoms with Gasteiger partial charge < -0.3 is 14.8 Å². The van der Waals surface area contributed by atoms with Crippen LogP contribution in [0.3, 0.4) is 0 Å². The zero-order chi connectivity index (χ0) is 22.8. The van der Waals surface area contributed by atoms with Crippen LogP contribution in [0.15, 0.2) is 71.8 Å². The molecule has 0 radical (unpaired) electrons. The van der Waals surface area contributed by atoms with Crippen molar-refractivity contribution < 1.29 is 17.9 Å². The second-order valence-electron chi connectivity index (χ2n) is 7.29. The molecule has 1 aliphatic heterocycles. The number of sulfonamides is 1. The molecule has 10 nitrogen and oxygen atoms in total. The maximum atomic E-state index is 12.8. The van der Waals surface area contributed by atoms with Crippen LogP contribution in [0, 0.1) is 6.92 Å². The van der Waals surface area contributed by atoms with Crippen molar-refractivity contribution in [1.82, 2.24) is 20.0 Å². The van der Waals surface area contributed by atoms with E-state index in [2.05, 4.69) is 25.3 Å². The Morgan fingerprint density at radius 3 is 2.33 bits per heavy atom. The quantitative estimate of drug-likeness (QED) is 0.446. The first-order valence-electron chi connectivity index (χ1n) is 10.1. The van der Waals surface area contributed by atoms with Crippen LogP contribution < -0.4 is 19.5 Å². The molecule has 0 bridgehead atoms. The maximum Gasteiger partial charge on any atom is 0.262 e. The zero-order valence-corrected chi connectivity index (χ0v) is 18.4. The Labute approximate surface area is 190 Å². The predicted octanol–water partition coefficient (Wildman–Crippen LogP) is 3.29. The van der Waals surface area contributed by atoms with Crippen molar-refractivity contribution in [3.8, 4) is 17.3 Å². The molecule has 2 N–H and O–H groups in total. The number of rotatable bonds is 6. The summed E-state index contributed by atoms with van der Waals surface area (Å²) >= 11 is 0. The van der Waals surface area contributed by atoms with E-state index in [1.807, 2.05) is 19.2 Å². The lowest BCUT2D eigenvalue weighted by atomic mass is 10.3. The fraction of sp³-hybridized carbons (Fsp3) is 0.136. The van der Waals surface area contributed by atoms with Crippen molar-refractivity contribution in [3.05, 3.63) is 72.6 Å². The second-order valence-corrected chi connectivity index (χ2v) is 8.97. The Bertz CT molecular complexity index is 1390. The normalized spacial score (nSPS) is 12.9. The van der Waals surface area contributed by atoms with Crippen molar-refractivity contribution in [2.75, 3.05) is 23.3 Å². The molecular weight excluding hydrogens is 444 g/mol. The highest BCUT2D eigenvalue weighted by molar-refractivity contribution is 7.92. The van der Waals surface area contributed by atoms with Gasteiger partial charge in [0.05, 0.1) is 10.6 Å². The zero-order valence-electron chi connectivity index (χ0n) is 17.6. The summed E-state index contributed by atoms with van der Waals surface area (Å²) in [6.45, 7) is 2.73. The van der Waals surface area contributed by atoms with Gasteiger partial charge in [-0.2, -0.15) is 5.10 Å². The molecule has 0 saturated carbocycles. The van der Waals surface area contributed by atoms with Crippen LogP contribution in [0.4, 0.5) is 17.2 Å². The number of anilines is 3. The topological polar surface area (TPSA) is 120 Å². The summed E-state index contributed by atoms with van der Waals surface area (Å²) in [4.78, 5) is 0.0942. The van der Waals surface area contributed by atoms with Gasteiger partial charge in [0.1, 0.15) is 13.2 Å². The minimum Gasteiger partial charge on any atom is -0.486 e. The third kappa shape index (κ3) is 4.58. The summed E-state index contributed by atoms with van der Waals surface area (Å²) in [6, 6.07) is 16.8. The Morgan fingerprint density at radius 2 is 1.64 bits per heavy atom. The third-order valence-electron chi connectivity index (χ3n) is 4.84. The second kappa shape index (κ2) is 8.43. The van der Waals surface area contributed by atoms with Gasteiger partial charge in [0.25, 0.3) is 10.0 Å². The lowest BCUT2D eigenvalue weighted by Crippen LogP contribution is -2.17. The van der Waals surface area contributed by atoms with Gasteiger partial charge in [0.2, 0.25) is 0 Å². The van der Waals surface area contributed by atoms with E-state index < -0.39 is 10.0 Å². The van der Waals surface area contributed by atoms with Crippen LogP contribution in [0.1, 0.15) is 5.69 Å². The van der Waals surface area contributed by atoms with Crippen LogP contribution in [0.5, 0.6) is 11.5 Å². The van der Waals surface area contributed by atoms with E-state index >= 15 is 0 Å². The molecule has 0 fully saturated rings. The van der Waals surface area contributed by atoms with E-state index in [4.69, 9.17) is 9.47 Å². The van der Waals surface area contributed by atoms with Crippen molar-refractivity contribution in [3.63, 3.8) is 0 Å². The van der Waals surface area contributed by atoms with Crippen LogP contribution in [0.2, 0.25) is 0 Å². The molecule has 2 aromatic heterocycles. The third-order valence-corrected chi connectivity index (χ3v) is 6.22. The minimum absolute atomic E-state index is 0.0942. The van der Waals surface area contributed by atoms with Gasteiger partial charge in [0, 0.05) is 23.6 Å². The largest absolute Gasteiger partial charge is 0.486 e. The molecule has 2 aromatic carbocycles. The predicted molar refractivity (Wildman–Crippen MR) is 122 cm³/mol. The Kier molecular flexibility index (Phi) is 5.31. The molecule has 0 saturated heterocycles. The van der Waals surface area contributed by atoms with E-state index in [0.717, 1.165) is 11.4 Å². The van der Waals surface area contributed by atoms with Crippen LogP contribution in [-0.4, -0.2) is 41.6 Å². The van der Waals surface area contributed by atoms with Gasteiger partial charge in [-0.25, -0.2) is 13.1 Å². The van der Waals surface area contributed by atoms with Gasteiger partial charge >= 0.3 is 0 Å². The number of aromatic nitrogens is 4. The molecule has 0 aliphatic carbocycles. The highest BCUT2D eigenvalue weighted by Gasteiger charge is 2.19. The first-order chi connectivity index (χ1) is 16.0. The fourth-order valence-corrected chi connectivity index (χ4v) is 4.30. The van der Waals surface area contributed by atoms with Crippen molar-refractivity contribution in [1.29, 1.82) is 0 Å². The summed E-state index contributed by atoms with van der Waals surface area (Å²) in [5.41, 5.74) is 2.05. The van der Waals surface area contributed by atoms with Gasteiger partial charge in [-0.15, -0.1) is 10.2 Å². The molecule has 4 aromatic rings. The van der Waals surface area contributed by atoms with Gasteiger partial charge in [-0.05, 0) is 61.5 Å². The summed E-state index contributed by atoms with van der Waals surface area (Å²) < 4.78 is 40.7. The number of ether oxygens (including phenoxy) is 2. The Morgan fingerprint density at radius 1 is 0.879 bits per heavy atom. The van der Waals surface area contributed by atoms with Crippen molar-refractivity contribution in [2.24, 2.45) is 0 Å². The molecule has 1 aliphatic rings. The smallest absolute Gasteiger partial charge is 0.262 e.